The minimum absolute atomic E-state index is 0.0218. The van der Waals surface area contributed by atoms with Crippen molar-refractivity contribution in [2.45, 2.75) is 32.7 Å². The molecule has 0 radical (unpaired) electrons. The molecule has 0 saturated carbocycles. The van der Waals surface area contributed by atoms with E-state index in [-0.39, 0.29) is 6.04 Å². The summed E-state index contributed by atoms with van der Waals surface area (Å²) in [5.41, 5.74) is 7.98. The Kier molecular flexibility index (Phi) is 4.88. The lowest BCUT2D eigenvalue weighted by atomic mass is 10.1. The highest BCUT2D eigenvalue weighted by molar-refractivity contribution is 5.45. The van der Waals surface area contributed by atoms with Crippen molar-refractivity contribution < 1.29 is 4.74 Å². The molecule has 0 aliphatic carbocycles. The highest BCUT2D eigenvalue weighted by atomic mass is 16.5. The highest BCUT2D eigenvalue weighted by Gasteiger charge is 1.98. The first-order valence-corrected chi connectivity index (χ1v) is 5.59. The van der Waals surface area contributed by atoms with Crippen LogP contribution in [0, 0.1) is 18.8 Å². The van der Waals surface area contributed by atoms with Gasteiger partial charge >= 0.3 is 0 Å². The standard InChI is InChI=1S/C14H19NO/c1-4-5-13(15)8-6-12-7-9-14(16-3)10-11(12)2/h7,9-10,13H,4-5,15H2,1-3H3. The monoisotopic (exact) mass is 217 g/mol. The molecule has 2 N–H and O–H groups in total. The third-order valence-electron chi connectivity index (χ3n) is 2.43. The Morgan fingerprint density at radius 1 is 1.44 bits per heavy atom. The molecule has 0 bridgehead atoms. The fourth-order valence-corrected chi connectivity index (χ4v) is 1.46. The summed E-state index contributed by atoms with van der Waals surface area (Å²) in [4.78, 5) is 0. The van der Waals surface area contributed by atoms with Crippen LogP contribution in [0.1, 0.15) is 30.9 Å². The summed E-state index contributed by atoms with van der Waals surface area (Å²) in [6.07, 6.45) is 2.01. The number of hydrogen-bond donors (Lipinski definition) is 1. The fourth-order valence-electron chi connectivity index (χ4n) is 1.46. The van der Waals surface area contributed by atoms with E-state index in [9.17, 15) is 0 Å². The molecule has 86 valence electrons. The number of ether oxygens (including phenoxy) is 1. The summed E-state index contributed by atoms with van der Waals surface area (Å²) >= 11 is 0. The second kappa shape index (κ2) is 6.19. The van der Waals surface area contributed by atoms with Crippen molar-refractivity contribution in [3.05, 3.63) is 29.3 Å². The van der Waals surface area contributed by atoms with Gasteiger partial charge in [-0.2, -0.15) is 0 Å². The lowest BCUT2D eigenvalue weighted by Gasteiger charge is -2.03. The molecule has 2 heteroatoms. The molecule has 1 atom stereocenters. The molecular weight excluding hydrogens is 198 g/mol. The van der Waals surface area contributed by atoms with Gasteiger partial charge in [0.2, 0.25) is 0 Å². The fraction of sp³-hybridized carbons (Fsp3) is 0.429. The molecule has 0 saturated heterocycles. The van der Waals surface area contributed by atoms with Gasteiger partial charge < -0.3 is 10.5 Å². The second-order valence-electron chi connectivity index (χ2n) is 3.85. The van der Waals surface area contributed by atoms with Gasteiger partial charge in [-0.15, -0.1) is 0 Å². The van der Waals surface area contributed by atoms with Gasteiger partial charge in [0.1, 0.15) is 5.75 Å². The molecule has 1 rings (SSSR count). The largest absolute Gasteiger partial charge is 0.497 e. The summed E-state index contributed by atoms with van der Waals surface area (Å²) in [5, 5.41) is 0. The van der Waals surface area contributed by atoms with E-state index in [2.05, 4.69) is 18.8 Å². The Labute approximate surface area is 97.8 Å². The third kappa shape index (κ3) is 3.60. The molecule has 0 amide bonds. The summed E-state index contributed by atoms with van der Waals surface area (Å²) < 4.78 is 5.14. The summed E-state index contributed by atoms with van der Waals surface area (Å²) in [7, 11) is 1.66. The van der Waals surface area contributed by atoms with Crippen LogP contribution in [0.3, 0.4) is 0 Å². The van der Waals surface area contributed by atoms with Crippen molar-refractivity contribution in [3.8, 4) is 17.6 Å². The van der Waals surface area contributed by atoms with Crippen molar-refractivity contribution in [2.75, 3.05) is 7.11 Å². The van der Waals surface area contributed by atoms with Gasteiger partial charge in [0.05, 0.1) is 13.2 Å². The van der Waals surface area contributed by atoms with Crippen LogP contribution in [-0.4, -0.2) is 13.2 Å². The van der Waals surface area contributed by atoms with E-state index in [4.69, 9.17) is 10.5 Å². The van der Waals surface area contributed by atoms with Crippen LogP contribution in [0.5, 0.6) is 5.75 Å². The van der Waals surface area contributed by atoms with Gasteiger partial charge in [-0.3, -0.25) is 0 Å². The average Bonchev–Trinajstić information content (AvgIpc) is 2.27. The summed E-state index contributed by atoms with van der Waals surface area (Å²) in [6.45, 7) is 4.14. The maximum absolute atomic E-state index is 5.84. The molecule has 0 fully saturated rings. The number of hydrogen-bond acceptors (Lipinski definition) is 2. The average molecular weight is 217 g/mol. The SMILES string of the molecule is CCCC(N)C#Cc1ccc(OC)cc1C. The van der Waals surface area contributed by atoms with Gasteiger partial charge in [0.25, 0.3) is 0 Å². The van der Waals surface area contributed by atoms with Crippen molar-refractivity contribution in [3.63, 3.8) is 0 Å². The van der Waals surface area contributed by atoms with Crippen molar-refractivity contribution in [1.82, 2.24) is 0 Å². The summed E-state index contributed by atoms with van der Waals surface area (Å²) in [5.74, 6) is 7.05. The zero-order valence-electron chi connectivity index (χ0n) is 10.2. The molecule has 1 unspecified atom stereocenters. The Hall–Kier alpha value is -1.46. The molecule has 0 aromatic heterocycles. The van der Waals surface area contributed by atoms with E-state index in [0.717, 1.165) is 29.7 Å². The molecule has 0 heterocycles. The van der Waals surface area contributed by atoms with E-state index in [1.165, 1.54) is 0 Å². The smallest absolute Gasteiger partial charge is 0.119 e. The number of nitrogens with two attached hydrogens (primary N) is 1. The Morgan fingerprint density at radius 3 is 2.75 bits per heavy atom. The van der Waals surface area contributed by atoms with E-state index in [0.29, 0.717) is 0 Å². The second-order valence-corrected chi connectivity index (χ2v) is 3.85. The molecule has 1 aromatic carbocycles. The number of benzene rings is 1. The van der Waals surface area contributed by atoms with Crippen LogP contribution in [0.25, 0.3) is 0 Å². The quantitative estimate of drug-likeness (QED) is 0.789. The van der Waals surface area contributed by atoms with Gasteiger partial charge in [-0.1, -0.05) is 25.2 Å². The van der Waals surface area contributed by atoms with Gasteiger partial charge in [-0.25, -0.2) is 0 Å². The molecule has 0 aliphatic heterocycles. The molecule has 1 aromatic rings. The van der Waals surface area contributed by atoms with Crippen molar-refractivity contribution >= 4 is 0 Å². The van der Waals surface area contributed by atoms with Crippen LogP contribution in [-0.2, 0) is 0 Å². The Morgan fingerprint density at radius 2 is 2.19 bits per heavy atom. The lowest BCUT2D eigenvalue weighted by molar-refractivity contribution is 0.414. The zero-order valence-corrected chi connectivity index (χ0v) is 10.2. The number of rotatable bonds is 3. The predicted molar refractivity (Wildman–Crippen MR) is 67.5 cm³/mol. The van der Waals surface area contributed by atoms with Gasteiger partial charge in [-0.05, 0) is 37.1 Å². The van der Waals surface area contributed by atoms with Gasteiger partial charge in [0.15, 0.2) is 0 Å². The minimum atomic E-state index is -0.0218. The van der Waals surface area contributed by atoms with Crippen LogP contribution in [0.4, 0.5) is 0 Å². The third-order valence-corrected chi connectivity index (χ3v) is 2.43. The van der Waals surface area contributed by atoms with Crippen LogP contribution in [0.15, 0.2) is 18.2 Å². The lowest BCUT2D eigenvalue weighted by Crippen LogP contribution is -2.16. The topological polar surface area (TPSA) is 35.2 Å². The zero-order chi connectivity index (χ0) is 12.0. The molecule has 0 spiro atoms. The van der Waals surface area contributed by atoms with Crippen LogP contribution >= 0.6 is 0 Å². The minimum Gasteiger partial charge on any atom is -0.497 e. The maximum Gasteiger partial charge on any atom is 0.119 e. The highest BCUT2D eigenvalue weighted by Crippen LogP contribution is 2.15. The first-order valence-electron chi connectivity index (χ1n) is 5.59. The Bertz CT molecular complexity index is 401. The van der Waals surface area contributed by atoms with E-state index in [1.807, 2.05) is 25.1 Å². The number of methoxy groups -OCH3 is 1. The normalized spacial score (nSPS) is 11.5. The summed E-state index contributed by atoms with van der Waals surface area (Å²) in [6, 6.07) is 5.85. The molecule has 16 heavy (non-hydrogen) atoms. The van der Waals surface area contributed by atoms with E-state index >= 15 is 0 Å². The maximum atomic E-state index is 5.84. The molecular formula is C14H19NO. The van der Waals surface area contributed by atoms with Crippen LogP contribution < -0.4 is 10.5 Å². The van der Waals surface area contributed by atoms with Crippen molar-refractivity contribution in [2.24, 2.45) is 5.73 Å². The van der Waals surface area contributed by atoms with E-state index < -0.39 is 0 Å². The first-order chi connectivity index (χ1) is 7.67. The molecule has 0 aliphatic rings. The molecule has 2 nitrogen and oxygen atoms in total. The van der Waals surface area contributed by atoms with Crippen molar-refractivity contribution in [1.29, 1.82) is 0 Å². The Balaban J connectivity index is 2.81. The predicted octanol–water partition coefficient (Wildman–Crippen LogP) is 2.48. The number of aryl methyl sites for hydroxylation is 1. The van der Waals surface area contributed by atoms with Crippen LogP contribution in [0.2, 0.25) is 0 Å². The first kappa shape index (κ1) is 12.6. The van der Waals surface area contributed by atoms with E-state index in [1.54, 1.807) is 7.11 Å². The van der Waals surface area contributed by atoms with Gasteiger partial charge in [0, 0.05) is 5.56 Å².